The van der Waals surface area contributed by atoms with Crippen molar-refractivity contribution in [3.63, 3.8) is 0 Å². The Hall–Kier alpha value is -2.99. The first-order valence-corrected chi connectivity index (χ1v) is 11.8. The number of aromatic nitrogens is 3. The Bertz CT molecular complexity index is 1060. The Balaban J connectivity index is 1.29. The molecule has 0 radical (unpaired) electrons. The summed E-state index contributed by atoms with van der Waals surface area (Å²) in [5.41, 5.74) is 4.80. The van der Waals surface area contributed by atoms with E-state index in [9.17, 15) is 4.79 Å². The van der Waals surface area contributed by atoms with E-state index in [1.165, 1.54) is 24.0 Å². The van der Waals surface area contributed by atoms with E-state index >= 15 is 0 Å². The van der Waals surface area contributed by atoms with Gasteiger partial charge in [-0.05, 0) is 68.0 Å². The van der Waals surface area contributed by atoms with Gasteiger partial charge in [0.1, 0.15) is 0 Å². The van der Waals surface area contributed by atoms with Gasteiger partial charge in [-0.25, -0.2) is 4.68 Å². The molecule has 6 heteroatoms. The molecule has 2 aliphatic rings. The molecule has 1 saturated heterocycles. The summed E-state index contributed by atoms with van der Waals surface area (Å²) in [6, 6.07) is 18.4. The van der Waals surface area contributed by atoms with Gasteiger partial charge in [-0.2, -0.15) is 0 Å². The van der Waals surface area contributed by atoms with Gasteiger partial charge in [0.2, 0.25) is 0 Å². The minimum atomic E-state index is -0.143. The lowest BCUT2D eigenvalue weighted by Gasteiger charge is -2.30. The second kappa shape index (κ2) is 9.25. The summed E-state index contributed by atoms with van der Waals surface area (Å²) in [4.78, 5) is 15.6. The van der Waals surface area contributed by atoms with Gasteiger partial charge in [-0.1, -0.05) is 54.6 Å². The van der Waals surface area contributed by atoms with Crippen LogP contribution in [0.15, 0.2) is 54.6 Å². The van der Waals surface area contributed by atoms with Crippen LogP contribution in [0.25, 0.3) is 5.69 Å². The van der Waals surface area contributed by atoms with E-state index in [1.807, 2.05) is 41.1 Å². The quantitative estimate of drug-likeness (QED) is 0.608. The van der Waals surface area contributed by atoms with Crippen LogP contribution in [0.4, 0.5) is 0 Å². The normalized spacial score (nSPS) is 17.4. The van der Waals surface area contributed by atoms with E-state index in [2.05, 4.69) is 45.7 Å². The molecule has 1 aliphatic heterocycles. The van der Waals surface area contributed by atoms with E-state index < -0.39 is 0 Å². The number of para-hydroxylation sites is 1. The van der Waals surface area contributed by atoms with Crippen LogP contribution in [0.2, 0.25) is 0 Å². The first-order valence-electron chi connectivity index (χ1n) is 11.8. The van der Waals surface area contributed by atoms with Crippen LogP contribution in [0.5, 0.6) is 0 Å². The molecular weight excluding hydrogens is 398 g/mol. The maximum atomic E-state index is 13.1. The van der Waals surface area contributed by atoms with Gasteiger partial charge in [0.05, 0.1) is 11.4 Å². The molecule has 1 aliphatic carbocycles. The zero-order valence-electron chi connectivity index (χ0n) is 18.7. The first-order chi connectivity index (χ1) is 15.7. The predicted octanol–water partition coefficient (Wildman–Crippen LogP) is 4.31. The van der Waals surface area contributed by atoms with Gasteiger partial charge in [0, 0.05) is 19.0 Å². The zero-order valence-corrected chi connectivity index (χ0v) is 18.7. The monoisotopic (exact) mass is 429 g/mol. The van der Waals surface area contributed by atoms with E-state index in [4.69, 9.17) is 0 Å². The molecule has 1 saturated carbocycles. The van der Waals surface area contributed by atoms with Crippen LogP contribution in [-0.2, 0) is 13.1 Å². The number of hydrogen-bond acceptors (Lipinski definition) is 4. The maximum Gasteiger partial charge on any atom is 0.274 e. The third kappa shape index (κ3) is 4.60. The molecule has 2 fully saturated rings. The van der Waals surface area contributed by atoms with Crippen molar-refractivity contribution < 1.29 is 4.79 Å². The van der Waals surface area contributed by atoms with Gasteiger partial charge in [0.25, 0.3) is 5.91 Å². The number of piperidine rings is 1. The summed E-state index contributed by atoms with van der Waals surface area (Å²) in [5.74, 6) is 1.04. The number of nitrogens with one attached hydrogen (secondary N) is 1. The number of amides is 1. The number of hydrogen-bond donors (Lipinski definition) is 1. The van der Waals surface area contributed by atoms with Crippen molar-refractivity contribution in [3.8, 4) is 5.69 Å². The van der Waals surface area contributed by atoms with E-state index in [0.29, 0.717) is 18.2 Å². The van der Waals surface area contributed by atoms with E-state index in [-0.39, 0.29) is 5.91 Å². The second-order valence-electron chi connectivity index (χ2n) is 9.25. The molecule has 1 amide bonds. The molecule has 1 aromatic heterocycles. The summed E-state index contributed by atoms with van der Waals surface area (Å²) in [6.45, 7) is 6.08. The molecule has 0 bridgehead atoms. The van der Waals surface area contributed by atoms with Gasteiger partial charge in [0.15, 0.2) is 5.69 Å². The summed E-state index contributed by atoms with van der Waals surface area (Å²) < 4.78 is 1.83. The lowest BCUT2D eigenvalue weighted by atomic mass is 9.98. The number of rotatable bonds is 7. The summed E-state index contributed by atoms with van der Waals surface area (Å²) in [7, 11) is 0. The van der Waals surface area contributed by atoms with Gasteiger partial charge < -0.3 is 5.32 Å². The number of nitrogens with zero attached hydrogens (tertiary/aromatic N) is 4. The molecule has 0 atom stereocenters. The Kier molecular flexibility index (Phi) is 6.04. The Morgan fingerprint density at radius 3 is 2.38 bits per heavy atom. The average molecular weight is 430 g/mol. The lowest BCUT2D eigenvalue weighted by Crippen LogP contribution is -2.33. The standard InChI is InChI=1S/C26H31N5O/c1-19-13-15-30(16-14-19)18-22-8-6-5-7-21(22)17-27-26(32)24-25(20-11-12-20)31(29-28-24)23-9-3-2-4-10-23/h2-10,19-20H,11-18H2,1H3,(H,27,32). The van der Waals surface area contributed by atoms with Crippen molar-refractivity contribution >= 4 is 5.91 Å². The van der Waals surface area contributed by atoms with Gasteiger partial charge >= 0.3 is 0 Å². The number of carbonyl (C=O) groups excluding carboxylic acids is 1. The second-order valence-corrected chi connectivity index (χ2v) is 9.25. The smallest absolute Gasteiger partial charge is 0.274 e. The summed E-state index contributed by atoms with van der Waals surface area (Å²) in [6.07, 6.45) is 4.69. The van der Waals surface area contributed by atoms with Crippen LogP contribution in [0, 0.1) is 5.92 Å². The minimum absolute atomic E-state index is 0.143. The third-order valence-corrected chi connectivity index (χ3v) is 6.71. The molecule has 0 unspecified atom stereocenters. The van der Waals surface area contributed by atoms with Crippen LogP contribution in [0.1, 0.15) is 65.8 Å². The zero-order chi connectivity index (χ0) is 21.9. The largest absolute Gasteiger partial charge is 0.346 e. The molecule has 3 aromatic rings. The van der Waals surface area contributed by atoms with Crippen molar-refractivity contribution in [2.24, 2.45) is 5.92 Å². The molecule has 32 heavy (non-hydrogen) atoms. The fourth-order valence-corrected chi connectivity index (χ4v) is 4.54. The molecule has 6 nitrogen and oxygen atoms in total. The molecule has 5 rings (SSSR count). The summed E-state index contributed by atoms with van der Waals surface area (Å²) in [5, 5.41) is 11.7. The number of benzene rings is 2. The van der Waals surface area contributed by atoms with Gasteiger partial charge in [-0.15, -0.1) is 5.10 Å². The minimum Gasteiger partial charge on any atom is -0.346 e. The van der Waals surface area contributed by atoms with Gasteiger partial charge in [-0.3, -0.25) is 9.69 Å². The SMILES string of the molecule is CC1CCN(Cc2ccccc2CNC(=O)c2nnn(-c3ccccc3)c2C2CC2)CC1. The summed E-state index contributed by atoms with van der Waals surface area (Å²) >= 11 is 0. The van der Waals surface area contributed by atoms with Crippen molar-refractivity contribution in [2.45, 2.75) is 51.6 Å². The molecule has 2 aromatic carbocycles. The van der Waals surface area contributed by atoms with Crippen LogP contribution < -0.4 is 5.32 Å². The van der Waals surface area contributed by atoms with E-state index in [1.54, 1.807) is 0 Å². The Morgan fingerprint density at radius 2 is 1.66 bits per heavy atom. The highest BCUT2D eigenvalue weighted by Gasteiger charge is 2.34. The molecule has 1 N–H and O–H groups in total. The van der Waals surface area contributed by atoms with Crippen molar-refractivity contribution in [1.82, 2.24) is 25.2 Å². The topological polar surface area (TPSA) is 63.1 Å². The average Bonchev–Trinajstić information content (AvgIpc) is 3.57. The molecule has 0 spiro atoms. The van der Waals surface area contributed by atoms with Crippen LogP contribution in [-0.4, -0.2) is 38.9 Å². The fraction of sp³-hybridized carbons (Fsp3) is 0.423. The molecule has 166 valence electrons. The van der Waals surface area contributed by atoms with Crippen molar-refractivity contribution in [3.05, 3.63) is 77.1 Å². The maximum absolute atomic E-state index is 13.1. The first kappa shape index (κ1) is 20.9. The molecule has 2 heterocycles. The van der Waals surface area contributed by atoms with Crippen molar-refractivity contribution in [1.29, 1.82) is 0 Å². The Morgan fingerprint density at radius 1 is 0.969 bits per heavy atom. The fourth-order valence-electron chi connectivity index (χ4n) is 4.54. The lowest BCUT2D eigenvalue weighted by molar-refractivity contribution is 0.0944. The Labute approximate surface area is 189 Å². The predicted molar refractivity (Wildman–Crippen MR) is 125 cm³/mol. The van der Waals surface area contributed by atoms with Crippen LogP contribution in [0.3, 0.4) is 0 Å². The molecular formula is C26H31N5O. The van der Waals surface area contributed by atoms with Crippen molar-refractivity contribution in [2.75, 3.05) is 13.1 Å². The third-order valence-electron chi connectivity index (χ3n) is 6.71. The van der Waals surface area contributed by atoms with Crippen LogP contribution >= 0.6 is 0 Å². The highest BCUT2D eigenvalue weighted by atomic mass is 16.2. The van der Waals surface area contributed by atoms with E-state index in [0.717, 1.165) is 49.8 Å². The highest BCUT2D eigenvalue weighted by Crippen LogP contribution is 2.42. The number of carbonyl (C=O) groups is 1. The number of likely N-dealkylation sites (tertiary alicyclic amines) is 1. The highest BCUT2D eigenvalue weighted by molar-refractivity contribution is 5.93.